The van der Waals surface area contributed by atoms with Crippen LogP contribution in [-0.4, -0.2) is 5.25 Å². The number of allylic oxidation sites excluding steroid dienone is 10. The van der Waals surface area contributed by atoms with Gasteiger partial charge in [-0.05, 0) is 37.5 Å². The van der Waals surface area contributed by atoms with E-state index < -0.39 is 0 Å². The van der Waals surface area contributed by atoms with Gasteiger partial charge in [0.25, 0.3) is 0 Å². The minimum Gasteiger partial charge on any atom is -1.00 e. The SMILES string of the molecule is CC(C)=CCC1SC2=CC=CC2=C1C1C=CC=C1.[Cl-].[Cl-].[Zr+2]. The topological polar surface area (TPSA) is 0 Å². The molecule has 1 heterocycles. The van der Waals surface area contributed by atoms with Crippen molar-refractivity contribution in [2.75, 3.05) is 0 Å². The van der Waals surface area contributed by atoms with Crippen LogP contribution in [-0.2, 0) is 26.2 Å². The molecule has 0 radical (unpaired) electrons. The third kappa shape index (κ3) is 4.61. The van der Waals surface area contributed by atoms with Crippen molar-refractivity contribution in [3.8, 4) is 0 Å². The number of hydrogen-bond donors (Lipinski definition) is 0. The third-order valence-corrected chi connectivity index (χ3v) is 4.89. The van der Waals surface area contributed by atoms with Gasteiger partial charge < -0.3 is 24.8 Å². The van der Waals surface area contributed by atoms with Crippen LogP contribution in [0.1, 0.15) is 20.3 Å². The summed E-state index contributed by atoms with van der Waals surface area (Å²) in [5.74, 6) is 0.511. The molecular weight excluding hydrogens is 398 g/mol. The van der Waals surface area contributed by atoms with E-state index >= 15 is 0 Å². The van der Waals surface area contributed by atoms with Crippen molar-refractivity contribution in [2.45, 2.75) is 25.5 Å². The van der Waals surface area contributed by atoms with E-state index in [-0.39, 0.29) is 51.0 Å². The zero-order valence-corrected chi connectivity index (χ0v) is 16.9. The Morgan fingerprint density at radius 1 is 1.14 bits per heavy atom. The largest absolute Gasteiger partial charge is 2.00 e. The molecule has 0 bridgehead atoms. The van der Waals surface area contributed by atoms with Crippen LogP contribution in [0, 0.1) is 5.92 Å². The molecule has 0 nitrogen and oxygen atoms in total. The molecule has 0 aromatic heterocycles. The fourth-order valence-electron chi connectivity index (χ4n) is 2.69. The molecule has 3 aliphatic rings. The molecule has 0 saturated carbocycles. The molecule has 3 rings (SSSR count). The molecule has 0 aromatic rings. The molecule has 0 amide bonds. The second kappa shape index (κ2) is 9.41. The third-order valence-electron chi connectivity index (χ3n) is 3.55. The van der Waals surface area contributed by atoms with E-state index in [4.69, 9.17) is 0 Å². The summed E-state index contributed by atoms with van der Waals surface area (Å²) in [7, 11) is 0. The average molecular weight is 417 g/mol. The van der Waals surface area contributed by atoms with Gasteiger partial charge in [-0.3, -0.25) is 0 Å². The van der Waals surface area contributed by atoms with Crippen LogP contribution in [0.25, 0.3) is 0 Å². The Balaban J connectivity index is 0.00000133. The van der Waals surface area contributed by atoms with Crippen molar-refractivity contribution in [3.05, 3.63) is 70.2 Å². The average Bonchev–Trinajstić information content (AvgIpc) is 3.01. The van der Waals surface area contributed by atoms with Crippen LogP contribution >= 0.6 is 11.8 Å². The van der Waals surface area contributed by atoms with E-state index in [1.165, 1.54) is 16.1 Å². The van der Waals surface area contributed by atoms with Crippen LogP contribution in [0.4, 0.5) is 0 Å². The van der Waals surface area contributed by atoms with Gasteiger partial charge in [-0.15, -0.1) is 11.8 Å². The molecule has 0 aromatic carbocycles. The van der Waals surface area contributed by atoms with Crippen molar-refractivity contribution in [1.29, 1.82) is 0 Å². The first-order chi connectivity index (χ1) is 8.75. The molecule has 0 saturated heterocycles. The molecular formula is C17H18Cl2SZr. The van der Waals surface area contributed by atoms with Crippen molar-refractivity contribution in [2.24, 2.45) is 5.92 Å². The maximum Gasteiger partial charge on any atom is 2.00 e. The Labute approximate surface area is 163 Å². The summed E-state index contributed by atoms with van der Waals surface area (Å²) >= 11 is 2.03. The molecule has 21 heavy (non-hydrogen) atoms. The first kappa shape index (κ1) is 21.3. The normalized spacial score (nSPS) is 21.4. The summed E-state index contributed by atoms with van der Waals surface area (Å²) < 4.78 is 0. The molecule has 1 aliphatic heterocycles. The minimum atomic E-state index is 0. The summed E-state index contributed by atoms with van der Waals surface area (Å²) in [6.07, 6.45) is 19.2. The van der Waals surface area contributed by atoms with Gasteiger partial charge >= 0.3 is 26.2 Å². The Morgan fingerprint density at radius 3 is 2.43 bits per heavy atom. The van der Waals surface area contributed by atoms with Gasteiger partial charge in [-0.25, -0.2) is 0 Å². The van der Waals surface area contributed by atoms with Crippen molar-refractivity contribution < 1.29 is 51.0 Å². The maximum absolute atomic E-state index is 2.37. The molecule has 2 aliphatic carbocycles. The van der Waals surface area contributed by atoms with E-state index in [9.17, 15) is 0 Å². The maximum atomic E-state index is 2.37. The first-order valence-electron chi connectivity index (χ1n) is 6.53. The van der Waals surface area contributed by atoms with Crippen LogP contribution in [0.5, 0.6) is 0 Å². The quantitative estimate of drug-likeness (QED) is 0.530. The number of halogens is 2. The summed E-state index contributed by atoms with van der Waals surface area (Å²) in [6.45, 7) is 4.36. The zero-order chi connectivity index (χ0) is 12.5. The summed E-state index contributed by atoms with van der Waals surface area (Å²) in [6, 6.07) is 0. The Hall–Kier alpha value is 0.253. The van der Waals surface area contributed by atoms with Gasteiger partial charge in [0, 0.05) is 16.1 Å². The van der Waals surface area contributed by atoms with Crippen LogP contribution in [0.2, 0.25) is 0 Å². The Bertz CT molecular complexity index is 537. The van der Waals surface area contributed by atoms with Gasteiger partial charge in [0.05, 0.1) is 0 Å². The van der Waals surface area contributed by atoms with E-state index in [0.29, 0.717) is 11.2 Å². The van der Waals surface area contributed by atoms with Crippen LogP contribution in [0.3, 0.4) is 0 Å². The smallest absolute Gasteiger partial charge is 1.00 e. The molecule has 1 atom stereocenters. The molecule has 0 N–H and O–H groups in total. The van der Waals surface area contributed by atoms with Crippen LogP contribution < -0.4 is 24.8 Å². The van der Waals surface area contributed by atoms with Gasteiger partial charge in [-0.2, -0.15) is 0 Å². The monoisotopic (exact) mass is 414 g/mol. The minimum absolute atomic E-state index is 0. The fourth-order valence-corrected chi connectivity index (χ4v) is 4.07. The Kier molecular flexibility index (Phi) is 9.52. The number of fused-ring (bicyclic) bond motifs is 1. The van der Waals surface area contributed by atoms with Gasteiger partial charge in [0.15, 0.2) is 0 Å². The molecule has 110 valence electrons. The first-order valence-corrected chi connectivity index (χ1v) is 7.41. The summed E-state index contributed by atoms with van der Waals surface area (Å²) in [5.41, 5.74) is 4.50. The van der Waals surface area contributed by atoms with Crippen molar-refractivity contribution in [1.82, 2.24) is 0 Å². The molecule has 0 fully saturated rings. The van der Waals surface area contributed by atoms with Crippen LogP contribution in [0.15, 0.2) is 70.2 Å². The predicted octanol–water partition coefficient (Wildman–Crippen LogP) is -1.04. The van der Waals surface area contributed by atoms with E-state index in [1.54, 1.807) is 5.57 Å². The summed E-state index contributed by atoms with van der Waals surface area (Å²) in [4.78, 5) is 1.46. The number of hydrogen-bond acceptors (Lipinski definition) is 1. The van der Waals surface area contributed by atoms with Gasteiger partial charge in [-0.1, -0.05) is 48.1 Å². The molecule has 4 heteroatoms. The van der Waals surface area contributed by atoms with Crippen molar-refractivity contribution >= 4 is 11.8 Å². The zero-order valence-electron chi connectivity index (χ0n) is 12.1. The van der Waals surface area contributed by atoms with Gasteiger partial charge in [0.2, 0.25) is 0 Å². The second-order valence-corrected chi connectivity index (χ2v) is 6.42. The summed E-state index contributed by atoms with van der Waals surface area (Å²) in [5, 5.41) is 0.614. The second-order valence-electron chi connectivity index (χ2n) is 5.18. The van der Waals surface area contributed by atoms with E-state index in [2.05, 4.69) is 62.5 Å². The van der Waals surface area contributed by atoms with Crippen molar-refractivity contribution in [3.63, 3.8) is 0 Å². The Morgan fingerprint density at radius 2 is 1.81 bits per heavy atom. The molecule has 1 unspecified atom stereocenters. The van der Waals surface area contributed by atoms with Gasteiger partial charge in [0.1, 0.15) is 0 Å². The van der Waals surface area contributed by atoms with E-state index in [0.717, 1.165) is 6.42 Å². The standard InChI is InChI=1S/C17H18S.2ClH.Zr/c1-12(2)10-11-16-17(13-6-3-4-7-13)14-8-5-9-15(14)18-16;;;/h3-10,13,16H,11H2,1-2H3;2*1H;/q;;;+2/p-2. The van der Waals surface area contributed by atoms with E-state index in [1.807, 2.05) is 11.8 Å². The molecule has 0 spiro atoms. The number of thioether (sulfide) groups is 1. The number of rotatable bonds is 3. The fraction of sp³-hybridized carbons (Fsp3) is 0.294. The predicted molar refractivity (Wildman–Crippen MR) is 81.4 cm³/mol.